The van der Waals surface area contributed by atoms with Crippen LogP contribution in [-0.4, -0.2) is 49.6 Å². The smallest absolute Gasteiger partial charge is 0.543 e. The van der Waals surface area contributed by atoms with E-state index in [4.69, 9.17) is 0 Å². The summed E-state index contributed by atoms with van der Waals surface area (Å²) in [5.74, 6) is -2.81. The number of fused-ring (bicyclic) bond motifs is 1. The average molecular weight is 403 g/mol. The molecule has 9 heteroatoms. The SMILES string of the molecule is C[C@@H](O)[C@H]1C(=O)N2C(C(=O)[O-])=C(c3cc(C(=O)c4ccccc4)n(C)n3)C[C@H]12.[Na+]. The molecule has 1 fully saturated rings. The van der Waals surface area contributed by atoms with Gasteiger partial charge in [-0.15, -0.1) is 0 Å². The fourth-order valence-corrected chi connectivity index (χ4v) is 4.05. The van der Waals surface area contributed by atoms with Crippen LogP contribution in [0.1, 0.15) is 35.1 Å². The number of aliphatic hydroxyl groups excluding tert-OH is 1. The molecule has 0 bridgehead atoms. The molecule has 1 aromatic carbocycles. The normalized spacial score (nSPS) is 21.3. The maximum atomic E-state index is 12.7. The number of nitrogens with zero attached hydrogens (tertiary/aromatic N) is 3. The van der Waals surface area contributed by atoms with Gasteiger partial charge in [-0.2, -0.15) is 5.10 Å². The van der Waals surface area contributed by atoms with Crippen molar-refractivity contribution in [2.75, 3.05) is 0 Å². The Bertz CT molecular complexity index is 1030. The Morgan fingerprint density at radius 3 is 2.52 bits per heavy atom. The molecule has 2 aromatic rings. The van der Waals surface area contributed by atoms with Crippen molar-refractivity contribution < 1.29 is 54.2 Å². The molecule has 0 spiro atoms. The van der Waals surface area contributed by atoms with Gasteiger partial charge in [0.2, 0.25) is 11.7 Å². The summed E-state index contributed by atoms with van der Waals surface area (Å²) in [7, 11) is 1.60. The molecule has 3 heterocycles. The minimum Gasteiger partial charge on any atom is -0.543 e. The van der Waals surface area contributed by atoms with Crippen molar-refractivity contribution in [3.8, 4) is 0 Å². The second-order valence-electron chi connectivity index (χ2n) is 7.09. The van der Waals surface area contributed by atoms with E-state index in [9.17, 15) is 24.6 Å². The zero-order valence-corrected chi connectivity index (χ0v) is 18.3. The van der Waals surface area contributed by atoms with Gasteiger partial charge in [0, 0.05) is 18.2 Å². The van der Waals surface area contributed by atoms with Crippen LogP contribution in [-0.2, 0) is 16.6 Å². The van der Waals surface area contributed by atoms with Gasteiger partial charge in [0.1, 0.15) is 5.69 Å². The van der Waals surface area contributed by atoms with E-state index in [0.717, 1.165) is 4.90 Å². The number of carboxylic acid groups (broad SMARTS) is 1. The summed E-state index contributed by atoms with van der Waals surface area (Å²) in [6, 6.07) is 9.78. The number of hydrogen-bond donors (Lipinski definition) is 1. The Morgan fingerprint density at radius 1 is 1.28 bits per heavy atom. The fraction of sp³-hybridized carbons (Fsp3) is 0.300. The van der Waals surface area contributed by atoms with Crippen LogP contribution in [0.25, 0.3) is 5.57 Å². The molecule has 1 amide bonds. The average Bonchev–Trinajstić information content (AvgIpc) is 3.19. The number of carboxylic acids is 1. The second-order valence-corrected chi connectivity index (χ2v) is 7.09. The first-order valence-electron chi connectivity index (χ1n) is 8.91. The van der Waals surface area contributed by atoms with Gasteiger partial charge >= 0.3 is 29.6 Å². The maximum absolute atomic E-state index is 12.7. The van der Waals surface area contributed by atoms with Gasteiger partial charge in [-0.3, -0.25) is 14.3 Å². The second kappa shape index (κ2) is 7.87. The molecular weight excluding hydrogens is 385 g/mol. The fourth-order valence-electron chi connectivity index (χ4n) is 4.05. The summed E-state index contributed by atoms with van der Waals surface area (Å²) < 4.78 is 1.40. The first-order valence-corrected chi connectivity index (χ1v) is 8.91. The molecule has 2 aliphatic rings. The van der Waals surface area contributed by atoms with E-state index in [2.05, 4.69) is 5.10 Å². The van der Waals surface area contributed by atoms with E-state index in [1.807, 2.05) is 0 Å². The number of aryl methyl sites for hydroxylation is 1. The standard InChI is InChI=1S/C20H19N3O5.Na/c1-10(24)16-14-8-12(17(20(27)28)23(14)19(16)26)13-9-15(22(2)21-13)18(25)11-6-4-3-5-7-11;/h3-7,9-10,14,16,24H,8H2,1-2H3,(H,27,28);/q;+1/p-1/t10-,14-,16-;/m1./s1. The topological polar surface area (TPSA) is 116 Å². The number of aliphatic hydroxyl groups is 1. The van der Waals surface area contributed by atoms with Crippen molar-refractivity contribution in [2.24, 2.45) is 13.0 Å². The number of aliphatic carboxylic acids is 1. The van der Waals surface area contributed by atoms with Crippen molar-refractivity contribution in [1.82, 2.24) is 14.7 Å². The number of aromatic nitrogens is 2. The number of rotatable bonds is 5. The quantitative estimate of drug-likeness (QED) is 0.318. The predicted octanol–water partition coefficient (Wildman–Crippen LogP) is -3.27. The summed E-state index contributed by atoms with van der Waals surface area (Å²) in [4.78, 5) is 37.9. The van der Waals surface area contributed by atoms with Crippen molar-refractivity contribution in [2.45, 2.75) is 25.5 Å². The summed E-state index contributed by atoms with van der Waals surface area (Å²) in [6.07, 6.45) is -0.643. The van der Waals surface area contributed by atoms with E-state index in [0.29, 0.717) is 22.5 Å². The largest absolute Gasteiger partial charge is 1.00 e. The van der Waals surface area contributed by atoms with E-state index in [1.54, 1.807) is 37.4 Å². The first-order chi connectivity index (χ1) is 13.3. The third-order valence-corrected chi connectivity index (χ3v) is 5.38. The molecule has 1 saturated heterocycles. The number of carbonyl (C=O) groups is 3. The molecule has 8 nitrogen and oxygen atoms in total. The molecule has 4 rings (SSSR count). The monoisotopic (exact) mass is 403 g/mol. The molecule has 0 unspecified atom stereocenters. The van der Waals surface area contributed by atoms with Crippen molar-refractivity contribution in [3.63, 3.8) is 0 Å². The minimum atomic E-state index is -1.48. The molecule has 144 valence electrons. The molecule has 29 heavy (non-hydrogen) atoms. The Hall–Kier alpha value is -2.26. The summed E-state index contributed by atoms with van der Waals surface area (Å²) >= 11 is 0. The van der Waals surface area contributed by atoms with E-state index >= 15 is 0 Å². The van der Waals surface area contributed by atoms with Gasteiger partial charge in [-0.05, 0) is 19.4 Å². The number of ketones is 1. The molecule has 0 aliphatic carbocycles. The number of β-lactam (4-membered cyclic amide) rings is 1. The Morgan fingerprint density at radius 2 is 1.93 bits per heavy atom. The Kier molecular flexibility index (Phi) is 5.82. The van der Waals surface area contributed by atoms with E-state index in [-0.39, 0.29) is 47.5 Å². The van der Waals surface area contributed by atoms with E-state index in [1.165, 1.54) is 17.7 Å². The van der Waals surface area contributed by atoms with Gasteiger partial charge in [-0.1, -0.05) is 30.3 Å². The first kappa shape index (κ1) is 21.4. The third kappa shape index (κ3) is 3.36. The summed E-state index contributed by atoms with van der Waals surface area (Å²) in [6.45, 7) is 1.51. The zero-order chi connectivity index (χ0) is 20.2. The minimum absolute atomic E-state index is 0. The summed E-state index contributed by atoms with van der Waals surface area (Å²) in [5.41, 5.74) is 1.21. The van der Waals surface area contributed by atoms with Crippen LogP contribution in [0.3, 0.4) is 0 Å². The molecule has 1 N–H and O–H groups in total. The molecule has 2 aliphatic heterocycles. The van der Waals surface area contributed by atoms with Crippen molar-refractivity contribution in [1.29, 1.82) is 0 Å². The van der Waals surface area contributed by atoms with Crippen LogP contribution in [0.4, 0.5) is 0 Å². The third-order valence-electron chi connectivity index (χ3n) is 5.38. The molecule has 1 aromatic heterocycles. The molecule has 3 atom stereocenters. The molecule has 0 saturated carbocycles. The van der Waals surface area contributed by atoms with Crippen LogP contribution < -0.4 is 34.7 Å². The van der Waals surface area contributed by atoms with Crippen LogP contribution in [0.2, 0.25) is 0 Å². The Labute approximate surface area is 189 Å². The van der Waals surface area contributed by atoms with Crippen LogP contribution in [0.15, 0.2) is 42.1 Å². The van der Waals surface area contributed by atoms with Crippen LogP contribution in [0.5, 0.6) is 0 Å². The number of benzene rings is 1. The van der Waals surface area contributed by atoms with E-state index < -0.39 is 29.9 Å². The van der Waals surface area contributed by atoms with Gasteiger partial charge in [-0.25, -0.2) is 0 Å². The van der Waals surface area contributed by atoms with Crippen LogP contribution in [0, 0.1) is 5.92 Å². The maximum Gasteiger partial charge on any atom is 1.00 e. The van der Waals surface area contributed by atoms with Crippen LogP contribution >= 0.6 is 0 Å². The molecular formula is C20H18N3NaO5. The van der Waals surface area contributed by atoms with Crippen molar-refractivity contribution >= 4 is 23.2 Å². The van der Waals surface area contributed by atoms with Gasteiger partial charge in [0.25, 0.3) is 0 Å². The number of amides is 1. The van der Waals surface area contributed by atoms with Crippen molar-refractivity contribution in [3.05, 3.63) is 59.0 Å². The van der Waals surface area contributed by atoms with Gasteiger partial charge < -0.3 is 19.9 Å². The van der Waals surface area contributed by atoms with Gasteiger partial charge in [0.05, 0.1) is 35.4 Å². The van der Waals surface area contributed by atoms with Gasteiger partial charge in [0.15, 0.2) is 0 Å². The Balaban J connectivity index is 0.00000240. The molecule has 0 radical (unpaired) electrons. The predicted molar refractivity (Wildman–Crippen MR) is 95.4 cm³/mol. The summed E-state index contributed by atoms with van der Waals surface area (Å²) in [5, 5.41) is 25.9. The zero-order valence-electron chi connectivity index (χ0n) is 16.3. The number of hydrogen-bond acceptors (Lipinski definition) is 6. The number of carbonyl (C=O) groups excluding carboxylic acids is 3.